The van der Waals surface area contributed by atoms with Crippen LogP contribution in [0.25, 0.3) is 0 Å². The number of hydrogen-bond acceptors (Lipinski definition) is 2. The molecule has 0 aliphatic carbocycles. The lowest BCUT2D eigenvalue weighted by atomic mass is 10.1. The van der Waals surface area contributed by atoms with E-state index in [1.54, 1.807) is 23.9 Å². The van der Waals surface area contributed by atoms with Gasteiger partial charge in [0.15, 0.2) is 0 Å². The van der Waals surface area contributed by atoms with Gasteiger partial charge >= 0.3 is 0 Å². The molecule has 0 atom stereocenters. The standard InChI is InChI=1S/C14H20FNOS/c1-11(2)7-8-16-14(17)10-18-9-12-3-5-13(15)6-4-12/h3-6,11H,7-10H2,1-2H3,(H,16,17). The Kier molecular flexibility index (Phi) is 6.80. The smallest absolute Gasteiger partial charge is 0.230 e. The number of hydrogen-bond donors (Lipinski definition) is 1. The highest BCUT2D eigenvalue weighted by atomic mass is 32.2. The van der Waals surface area contributed by atoms with Crippen LogP contribution in [0.2, 0.25) is 0 Å². The van der Waals surface area contributed by atoms with Crippen LogP contribution in [-0.2, 0) is 10.5 Å². The molecule has 0 saturated carbocycles. The van der Waals surface area contributed by atoms with E-state index >= 15 is 0 Å². The van der Waals surface area contributed by atoms with E-state index in [1.165, 1.54) is 12.1 Å². The predicted octanol–water partition coefficient (Wildman–Crippen LogP) is 3.22. The van der Waals surface area contributed by atoms with Gasteiger partial charge in [-0.1, -0.05) is 26.0 Å². The molecule has 0 spiro atoms. The zero-order chi connectivity index (χ0) is 13.4. The normalized spacial score (nSPS) is 10.7. The molecule has 1 aromatic rings. The molecule has 0 aliphatic rings. The molecule has 0 fully saturated rings. The van der Waals surface area contributed by atoms with Gasteiger partial charge in [0.1, 0.15) is 5.82 Å². The van der Waals surface area contributed by atoms with Crippen molar-refractivity contribution in [2.75, 3.05) is 12.3 Å². The Labute approximate surface area is 112 Å². The highest BCUT2D eigenvalue weighted by molar-refractivity contribution is 7.99. The Balaban J connectivity index is 2.13. The molecule has 1 aromatic carbocycles. The van der Waals surface area contributed by atoms with Crippen LogP contribution in [0.5, 0.6) is 0 Å². The number of carbonyl (C=O) groups is 1. The molecule has 18 heavy (non-hydrogen) atoms. The first-order valence-electron chi connectivity index (χ1n) is 6.17. The number of thioether (sulfide) groups is 1. The molecule has 4 heteroatoms. The molecule has 0 aliphatic heterocycles. The highest BCUT2D eigenvalue weighted by Gasteiger charge is 2.02. The fourth-order valence-electron chi connectivity index (χ4n) is 1.39. The SMILES string of the molecule is CC(C)CCNC(=O)CSCc1ccc(F)cc1. The first-order valence-corrected chi connectivity index (χ1v) is 7.32. The molecule has 2 nitrogen and oxygen atoms in total. The predicted molar refractivity (Wildman–Crippen MR) is 75.0 cm³/mol. The van der Waals surface area contributed by atoms with Crippen molar-refractivity contribution in [2.24, 2.45) is 5.92 Å². The summed E-state index contributed by atoms with van der Waals surface area (Å²) in [5.74, 6) is 1.64. The molecule has 0 heterocycles. The number of benzene rings is 1. The average Bonchev–Trinajstić information content (AvgIpc) is 2.31. The molecule has 1 N–H and O–H groups in total. The Hall–Kier alpha value is -1.03. The van der Waals surface area contributed by atoms with E-state index in [1.807, 2.05) is 0 Å². The largest absolute Gasteiger partial charge is 0.355 e. The number of halogens is 1. The quantitative estimate of drug-likeness (QED) is 0.823. The van der Waals surface area contributed by atoms with Crippen LogP contribution in [0.3, 0.4) is 0 Å². The van der Waals surface area contributed by atoms with Crippen LogP contribution in [0.4, 0.5) is 4.39 Å². The van der Waals surface area contributed by atoms with E-state index in [9.17, 15) is 9.18 Å². The third-order valence-electron chi connectivity index (χ3n) is 2.46. The summed E-state index contributed by atoms with van der Waals surface area (Å²) in [6, 6.07) is 6.38. The molecular weight excluding hydrogens is 249 g/mol. The molecule has 0 bridgehead atoms. The maximum atomic E-state index is 12.7. The molecule has 0 aromatic heterocycles. The zero-order valence-corrected chi connectivity index (χ0v) is 11.7. The average molecular weight is 269 g/mol. The molecule has 100 valence electrons. The van der Waals surface area contributed by atoms with Crippen molar-refractivity contribution in [1.82, 2.24) is 5.32 Å². The van der Waals surface area contributed by atoms with Gasteiger partial charge in [0.2, 0.25) is 5.91 Å². The third-order valence-corrected chi connectivity index (χ3v) is 3.46. The van der Waals surface area contributed by atoms with Crippen LogP contribution in [-0.4, -0.2) is 18.2 Å². The van der Waals surface area contributed by atoms with E-state index in [2.05, 4.69) is 19.2 Å². The monoisotopic (exact) mass is 269 g/mol. The molecule has 0 radical (unpaired) electrons. The van der Waals surface area contributed by atoms with E-state index in [0.29, 0.717) is 11.7 Å². The summed E-state index contributed by atoms with van der Waals surface area (Å²) in [4.78, 5) is 11.5. The summed E-state index contributed by atoms with van der Waals surface area (Å²) in [5, 5.41) is 2.89. The Morgan fingerprint density at radius 3 is 2.61 bits per heavy atom. The Bertz CT molecular complexity index is 365. The van der Waals surface area contributed by atoms with E-state index < -0.39 is 0 Å². The summed E-state index contributed by atoms with van der Waals surface area (Å²) < 4.78 is 12.7. The molecule has 0 saturated heterocycles. The van der Waals surface area contributed by atoms with Crippen LogP contribution in [0.1, 0.15) is 25.8 Å². The van der Waals surface area contributed by atoms with Crippen molar-refractivity contribution in [3.63, 3.8) is 0 Å². The first kappa shape index (κ1) is 15.0. The van der Waals surface area contributed by atoms with Gasteiger partial charge in [-0.25, -0.2) is 4.39 Å². The van der Waals surface area contributed by atoms with Crippen molar-refractivity contribution in [1.29, 1.82) is 0 Å². The lowest BCUT2D eigenvalue weighted by molar-refractivity contribution is -0.118. The summed E-state index contributed by atoms with van der Waals surface area (Å²) >= 11 is 1.54. The maximum absolute atomic E-state index is 12.7. The van der Waals surface area contributed by atoms with Crippen molar-refractivity contribution >= 4 is 17.7 Å². The van der Waals surface area contributed by atoms with Gasteiger partial charge in [-0.05, 0) is 30.0 Å². The summed E-state index contributed by atoms with van der Waals surface area (Å²) in [5.41, 5.74) is 1.04. The Morgan fingerprint density at radius 2 is 2.00 bits per heavy atom. The molecule has 1 rings (SSSR count). The van der Waals surface area contributed by atoms with Crippen LogP contribution in [0, 0.1) is 11.7 Å². The number of rotatable bonds is 7. The minimum atomic E-state index is -0.227. The number of amides is 1. The molecule has 1 amide bonds. The second kappa shape index (κ2) is 8.14. The Morgan fingerprint density at radius 1 is 1.33 bits per heavy atom. The van der Waals surface area contributed by atoms with Crippen molar-refractivity contribution < 1.29 is 9.18 Å². The van der Waals surface area contributed by atoms with Crippen LogP contribution >= 0.6 is 11.8 Å². The van der Waals surface area contributed by atoms with Gasteiger partial charge in [0, 0.05) is 12.3 Å². The van der Waals surface area contributed by atoms with Gasteiger partial charge in [-0.2, -0.15) is 0 Å². The zero-order valence-electron chi connectivity index (χ0n) is 10.9. The summed E-state index contributed by atoms with van der Waals surface area (Å²) in [6.07, 6.45) is 1.01. The van der Waals surface area contributed by atoms with Crippen molar-refractivity contribution in [3.8, 4) is 0 Å². The second-order valence-electron chi connectivity index (χ2n) is 4.65. The second-order valence-corrected chi connectivity index (χ2v) is 5.64. The first-order chi connectivity index (χ1) is 8.58. The fourth-order valence-corrected chi connectivity index (χ4v) is 2.21. The van der Waals surface area contributed by atoms with Gasteiger partial charge in [-0.15, -0.1) is 11.8 Å². The van der Waals surface area contributed by atoms with Crippen molar-refractivity contribution in [3.05, 3.63) is 35.6 Å². The van der Waals surface area contributed by atoms with Gasteiger partial charge in [0.25, 0.3) is 0 Å². The molecule has 0 unspecified atom stereocenters. The number of carbonyl (C=O) groups excluding carboxylic acids is 1. The van der Waals surface area contributed by atoms with Crippen molar-refractivity contribution in [2.45, 2.75) is 26.0 Å². The molecular formula is C14H20FNOS. The van der Waals surface area contributed by atoms with E-state index in [0.717, 1.165) is 24.3 Å². The lowest BCUT2D eigenvalue weighted by Gasteiger charge is -2.07. The highest BCUT2D eigenvalue weighted by Crippen LogP contribution is 2.12. The number of nitrogens with one attached hydrogen (secondary N) is 1. The van der Waals surface area contributed by atoms with Crippen LogP contribution in [0.15, 0.2) is 24.3 Å². The minimum Gasteiger partial charge on any atom is -0.355 e. The topological polar surface area (TPSA) is 29.1 Å². The van der Waals surface area contributed by atoms with Gasteiger partial charge < -0.3 is 5.32 Å². The maximum Gasteiger partial charge on any atom is 0.230 e. The van der Waals surface area contributed by atoms with E-state index in [-0.39, 0.29) is 11.7 Å². The van der Waals surface area contributed by atoms with Gasteiger partial charge in [-0.3, -0.25) is 4.79 Å². The third kappa shape index (κ3) is 6.64. The van der Waals surface area contributed by atoms with Crippen LogP contribution < -0.4 is 5.32 Å². The fraction of sp³-hybridized carbons (Fsp3) is 0.500. The lowest BCUT2D eigenvalue weighted by Crippen LogP contribution is -2.26. The van der Waals surface area contributed by atoms with E-state index in [4.69, 9.17) is 0 Å². The summed E-state index contributed by atoms with van der Waals surface area (Å²) in [7, 11) is 0. The minimum absolute atomic E-state index is 0.0720. The summed E-state index contributed by atoms with van der Waals surface area (Å²) in [6.45, 7) is 5.01. The van der Waals surface area contributed by atoms with Gasteiger partial charge in [0.05, 0.1) is 5.75 Å².